The van der Waals surface area contributed by atoms with E-state index in [9.17, 15) is 4.79 Å². The Kier molecular flexibility index (Phi) is 3.77. The molecule has 1 amide bonds. The predicted molar refractivity (Wildman–Crippen MR) is 55.4 cm³/mol. The molecule has 76 valence electrons. The maximum absolute atomic E-state index is 10.9. The number of carbonyl (C=O) groups excluding carboxylic acids is 1. The fraction of sp³-hybridized carbons (Fsp3) is 0.300. The zero-order valence-corrected chi connectivity index (χ0v) is 8.62. The van der Waals surface area contributed by atoms with Crippen LogP contribution in [-0.2, 0) is 4.79 Å². The first-order chi connectivity index (χ1) is 6.65. The van der Waals surface area contributed by atoms with E-state index in [1.54, 1.807) is 24.3 Å². The number of nitrogens with two attached hydrogens (primary N) is 1. The molecule has 0 heterocycles. The lowest BCUT2D eigenvalue weighted by atomic mass is 10.2. The first-order valence-corrected chi connectivity index (χ1v) is 4.73. The third-order valence-electron chi connectivity index (χ3n) is 1.79. The summed E-state index contributed by atoms with van der Waals surface area (Å²) in [6, 6.07) is 6.98. The number of amides is 1. The van der Waals surface area contributed by atoms with Crippen LogP contribution in [0.3, 0.4) is 0 Å². The maximum Gasteiger partial charge on any atom is 0.258 e. The van der Waals surface area contributed by atoms with E-state index in [0.717, 1.165) is 0 Å². The van der Waals surface area contributed by atoms with Crippen LogP contribution in [0.5, 0.6) is 5.75 Å². The Balaban J connectivity index is 2.77. The van der Waals surface area contributed by atoms with Crippen molar-refractivity contribution in [3.63, 3.8) is 0 Å². The lowest BCUT2D eigenvalue weighted by Crippen LogP contribution is -2.33. The average Bonchev–Trinajstić information content (AvgIpc) is 2.16. The van der Waals surface area contributed by atoms with Gasteiger partial charge in [-0.25, -0.2) is 0 Å². The van der Waals surface area contributed by atoms with Crippen LogP contribution in [0.15, 0.2) is 24.3 Å². The van der Waals surface area contributed by atoms with Gasteiger partial charge >= 0.3 is 0 Å². The number of para-hydroxylation sites is 1. The number of hydrogen-bond acceptors (Lipinski definition) is 2. The molecular weight excluding hydrogens is 202 g/mol. The molecule has 4 heteroatoms. The normalized spacial score (nSPS) is 12.1. The molecule has 14 heavy (non-hydrogen) atoms. The van der Waals surface area contributed by atoms with E-state index in [-0.39, 0.29) is 0 Å². The molecule has 0 saturated carbocycles. The van der Waals surface area contributed by atoms with E-state index in [1.165, 1.54) is 0 Å². The number of benzene rings is 1. The quantitative estimate of drug-likeness (QED) is 0.832. The first-order valence-electron chi connectivity index (χ1n) is 4.35. The van der Waals surface area contributed by atoms with Crippen molar-refractivity contribution in [1.29, 1.82) is 0 Å². The minimum Gasteiger partial charge on any atom is -0.479 e. The summed E-state index contributed by atoms with van der Waals surface area (Å²) < 4.78 is 5.35. The molecule has 2 N–H and O–H groups in total. The molecule has 0 aliphatic carbocycles. The first kappa shape index (κ1) is 10.9. The predicted octanol–water partition coefficient (Wildman–Crippen LogP) is 1.98. The SMILES string of the molecule is CC[C@@H](Oc1ccccc1Cl)C(N)=O. The van der Waals surface area contributed by atoms with E-state index in [2.05, 4.69) is 0 Å². The molecule has 1 atom stereocenters. The zero-order chi connectivity index (χ0) is 10.6. The molecule has 1 rings (SSSR count). The maximum atomic E-state index is 10.9. The number of carbonyl (C=O) groups is 1. The summed E-state index contributed by atoms with van der Waals surface area (Å²) in [7, 11) is 0. The summed E-state index contributed by atoms with van der Waals surface area (Å²) in [6.45, 7) is 1.83. The second-order valence-electron chi connectivity index (χ2n) is 2.85. The highest BCUT2D eigenvalue weighted by Crippen LogP contribution is 2.24. The lowest BCUT2D eigenvalue weighted by molar-refractivity contribution is -0.124. The molecule has 3 nitrogen and oxygen atoms in total. The molecule has 0 radical (unpaired) electrons. The summed E-state index contributed by atoms with van der Waals surface area (Å²) in [4.78, 5) is 10.9. The van der Waals surface area contributed by atoms with Crippen molar-refractivity contribution < 1.29 is 9.53 Å². The van der Waals surface area contributed by atoms with E-state index in [0.29, 0.717) is 17.2 Å². The Morgan fingerprint density at radius 2 is 2.21 bits per heavy atom. The number of hydrogen-bond donors (Lipinski definition) is 1. The van der Waals surface area contributed by atoms with Crippen LogP contribution < -0.4 is 10.5 Å². The highest BCUT2D eigenvalue weighted by molar-refractivity contribution is 6.32. The van der Waals surface area contributed by atoms with E-state index in [4.69, 9.17) is 22.1 Å². The molecule has 0 bridgehead atoms. The third kappa shape index (κ3) is 2.64. The summed E-state index contributed by atoms with van der Waals surface area (Å²) in [5.41, 5.74) is 5.14. The van der Waals surface area contributed by atoms with Gasteiger partial charge < -0.3 is 10.5 Å². The van der Waals surface area contributed by atoms with Gasteiger partial charge in [0.05, 0.1) is 5.02 Å². The minimum atomic E-state index is -0.616. The Morgan fingerprint density at radius 1 is 1.57 bits per heavy atom. The van der Waals surface area contributed by atoms with Gasteiger partial charge in [-0.3, -0.25) is 4.79 Å². The monoisotopic (exact) mass is 213 g/mol. The summed E-state index contributed by atoms with van der Waals surface area (Å²) >= 11 is 5.85. The Labute approximate surface area is 87.8 Å². The van der Waals surface area contributed by atoms with Crippen LogP contribution in [0.4, 0.5) is 0 Å². The molecule has 1 aromatic carbocycles. The molecule has 0 unspecified atom stereocenters. The fourth-order valence-corrected chi connectivity index (χ4v) is 1.22. The van der Waals surface area contributed by atoms with Crippen molar-refractivity contribution in [2.45, 2.75) is 19.4 Å². The van der Waals surface area contributed by atoms with Crippen LogP contribution >= 0.6 is 11.6 Å². The number of primary amides is 1. The van der Waals surface area contributed by atoms with Crippen LogP contribution in [0.1, 0.15) is 13.3 Å². The second kappa shape index (κ2) is 4.86. The fourth-order valence-electron chi connectivity index (χ4n) is 1.04. The molecule has 0 fully saturated rings. The molecule has 0 aromatic heterocycles. The Bertz CT molecular complexity index is 328. The summed E-state index contributed by atoms with van der Waals surface area (Å²) in [6.07, 6.45) is -0.0875. The Hall–Kier alpha value is -1.22. The standard InChI is InChI=1S/C10H12ClNO2/c1-2-8(10(12)13)14-9-6-4-3-5-7(9)11/h3-6,8H,2H2,1H3,(H2,12,13)/t8-/m1/s1. The van der Waals surface area contributed by atoms with Crippen LogP contribution in [0.2, 0.25) is 5.02 Å². The van der Waals surface area contributed by atoms with Crippen molar-refractivity contribution in [1.82, 2.24) is 0 Å². The second-order valence-corrected chi connectivity index (χ2v) is 3.25. The van der Waals surface area contributed by atoms with Crippen LogP contribution in [0, 0.1) is 0 Å². The molecule has 0 saturated heterocycles. The van der Waals surface area contributed by atoms with Gasteiger partial charge in [0.1, 0.15) is 5.75 Å². The summed E-state index contributed by atoms with van der Waals surface area (Å²) in [5.74, 6) is 0.00670. The van der Waals surface area contributed by atoms with Gasteiger partial charge in [0.25, 0.3) is 5.91 Å². The molecule has 1 aromatic rings. The number of ether oxygens (including phenoxy) is 1. The Morgan fingerprint density at radius 3 is 2.71 bits per heavy atom. The number of rotatable bonds is 4. The van der Waals surface area contributed by atoms with Gasteiger partial charge in [0.2, 0.25) is 0 Å². The van der Waals surface area contributed by atoms with Crippen molar-refractivity contribution in [2.24, 2.45) is 5.73 Å². The average molecular weight is 214 g/mol. The van der Waals surface area contributed by atoms with Gasteiger partial charge in [-0.15, -0.1) is 0 Å². The van der Waals surface area contributed by atoms with Crippen molar-refractivity contribution in [3.05, 3.63) is 29.3 Å². The van der Waals surface area contributed by atoms with Crippen LogP contribution in [-0.4, -0.2) is 12.0 Å². The highest BCUT2D eigenvalue weighted by Gasteiger charge is 2.15. The van der Waals surface area contributed by atoms with Crippen molar-refractivity contribution >= 4 is 17.5 Å². The summed E-state index contributed by atoms with van der Waals surface area (Å²) in [5, 5.41) is 0.479. The molecule has 0 spiro atoms. The van der Waals surface area contributed by atoms with Gasteiger partial charge in [-0.05, 0) is 18.6 Å². The number of halogens is 1. The molecule has 0 aliphatic rings. The smallest absolute Gasteiger partial charge is 0.258 e. The van der Waals surface area contributed by atoms with E-state index < -0.39 is 12.0 Å². The minimum absolute atomic E-state index is 0.479. The van der Waals surface area contributed by atoms with E-state index in [1.807, 2.05) is 6.92 Å². The highest BCUT2D eigenvalue weighted by atomic mass is 35.5. The van der Waals surface area contributed by atoms with E-state index >= 15 is 0 Å². The van der Waals surface area contributed by atoms with Gasteiger partial charge in [-0.2, -0.15) is 0 Å². The van der Waals surface area contributed by atoms with Crippen molar-refractivity contribution in [2.75, 3.05) is 0 Å². The molecule has 0 aliphatic heterocycles. The molecular formula is C10H12ClNO2. The topological polar surface area (TPSA) is 52.3 Å². The van der Waals surface area contributed by atoms with Gasteiger partial charge in [0, 0.05) is 0 Å². The largest absolute Gasteiger partial charge is 0.479 e. The van der Waals surface area contributed by atoms with Gasteiger partial charge in [0.15, 0.2) is 6.10 Å². The zero-order valence-electron chi connectivity index (χ0n) is 7.87. The van der Waals surface area contributed by atoms with Crippen molar-refractivity contribution in [3.8, 4) is 5.75 Å². The lowest BCUT2D eigenvalue weighted by Gasteiger charge is -2.14. The van der Waals surface area contributed by atoms with Crippen LogP contribution in [0.25, 0.3) is 0 Å². The third-order valence-corrected chi connectivity index (χ3v) is 2.11. The van der Waals surface area contributed by atoms with Gasteiger partial charge in [-0.1, -0.05) is 30.7 Å².